The fourth-order valence-corrected chi connectivity index (χ4v) is 2.71. The molecule has 0 unspecified atom stereocenters. The summed E-state index contributed by atoms with van der Waals surface area (Å²) in [5.41, 5.74) is 0.363. The molecule has 1 amide bonds. The van der Waals surface area contributed by atoms with E-state index >= 15 is 0 Å². The van der Waals surface area contributed by atoms with Crippen LogP contribution in [0.1, 0.15) is 13.3 Å². The van der Waals surface area contributed by atoms with E-state index in [1.165, 1.54) is 23.9 Å². The van der Waals surface area contributed by atoms with E-state index in [1.54, 1.807) is 18.3 Å². The minimum absolute atomic E-state index is 0.0526. The van der Waals surface area contributed by atoms with Crippen LogP contribution in [0.3, 0.4) is 0 Å². The van der Waals surface area contributed by atoms with E-state index in [-0.39, 0.29) is 16.8 Å². The highest BCUT2D eigenvalue weighted by Crippen LogP contribution is 2.25. The molecule has 0 spiro atoms. The maximum Gasteiger partial charge on any atom is 0.271 e. The van der Waals surface area contributed by atoms with Gasteiger partial charge in [-0.25, -0.2) is 4.98 Å². The summed E-state index contributed by atoms with van der Waals surface area (Å²) in [6, 6.07) is 11.4. The molecule has 2 aromatic rings. The van der Waals surface area contributed by atoms with Gasteiger partial charge in [0.15, 0.2) is 0 Å². The van der Waals surface area contributed by atoms with Crippen LogP contribution in [0.15, 0.2) is 53.7 Å². The summed E-state index contributed by atoms with van der Waals surface area (Å²) < 4.78 is 0. The first-order valence-corrected chi connectivity index (χ1v) is 7.61. The molecule has 1 heterocycles. The number of pyridine rings is 1. The van der Waals surface area contributed by atoms with Crippen LogP contribution in [-0.2, 0) is 4.79 Å². The lowest BCUT2D eigenvalue weighted by molar-refractivity contribution is -0.384. The van der Waals surface area contributed by atoms with Gasteiger partial charge in [0.2, 0.25) is 5.91 Å². The van der Waals surface area contributed by atoms with Crippen LogP contribution in [0.25, 0.3) is 0 Å². The van der Waals surface area contributed by atoms with Crippen molar-refractivity contribution in [2.75, 3.05) is 5.32 Å². The molecule has 0 fully saturated rings. The number of non-ortho nitro benzene ring substituents is 1. The number of thioether (sulfide) groups is 1. The number of aromatic nitrogens is 1. The SMILES string of the molecule is CC[C@H](Sc1ccccn1)C(=O)Nc1cccc([N+](=O)[O-])c1. The van der Waals surface area contributed by atoms with E-state index in [2.05, 4.69) is 10.3 Å². The summed E-state index contributed by atoms with van der Waals surface area (Å²) in [6.07, 6.45) is 2.30. The first-order chi connectivity index (χ1) is 10.6. The second kappa shape index (κ2) is 7.56. The van der Waals surface area contributed by atoms with Crippen LogP contribution in [0.5, 0.6) is 0 Å². The minimum atomic E-state index is -0.490. The molecule has 0 aliphatic carbocycles. The number of carbonyl (C=O) groups excluding carboxylic acids is 1. The van der Waals surface area contributed by atoms with Crippen molar-refractivity contribution in [2.45, 2.75) is 23.6 Å². The number of hydrogen-bond acceptors (Lipinski definition) is 5. The van der Waals surface area contributed by atoms with Crippen molar-refractivity contribution < 1.29 is 9.72 Å². The van der Waals surface area contributed by atoms with Gasteiger partial charge in [-0.15, -0.1) is 0 Å². The third kappa shape index (κ3) is 4.29. The van der Waals surface area contributed by atoms with Crippen LogP contribution in [0.4, 0.5) is 11.4 Å². The molecule has 1 N–H and O–H groups in total. The van der Waals surface area contributed by atoms with Crippen molar-refractivity contribution in [3.05, 3.63) is 58.8 Å². The number of carbonyl (C=O) groups is 1. The number of amides is 1. The molecule has 6 nitrogen and oxygen atoms in total. The molecular weight excluding hydrogens is 302 g/mol. The fourth-order valence-electron chi connectivity index (χ4n) is 1.80. The lowest BCUT2D eigenvalue weighted by Gasteiger charge is -2.14. The lowest BCUT2D eigenvalue weighted by atomic mass is 10.2. The molecule has 1 aromatic heterocycles. The van der Waals surface area contributed by atoms with E-state index in [0.717, 1.165) is 5.03 Å². The lowest BCUT2D eigenvalue weighted by Crippen LogP contribution is -2.24. The van der Waals surface area contributed by atoms with Crippen molar-refractivity contribution in [3.8, 4) is 0 Å². The average molecular weight is 317 g/mol. The van der Waals surface area contributed by atoms with Gasteiger partial charge >= 0.3 is 0 Å². The Hall–Kier alpha value is -2.41. The number of hydrogen-bond donors (Lipinski definition) is 1. The van der Waals surface area contributed by atoms with Crippen molar-refractivity contribution in [2.24, 2.45) is 0 Å². The topological polar surface area (TPSA) is 85.1 Å². The summed E-state index contributed by atoms with van der Waals surface area (Å²) >= 11 is 1.37. The van der Waals surface area contributed by atoms with Crippen LogP contribution < -0.4 is 5.32 Å². The first kappa shape index (κ1) is 16.0. The number of rotatable bonds is 6. The largest absolute Gasteiger partial charge is 0.325 e. The van der Waals surface area contributed by atoms with Gasteiger partial charge in [0.05, 0.1) is 15.2 Å². The highest BCUT2D eigenvalue weighted by atomic mass is 32.2. The third-order valence-electron chi connectivity index (χ3n) is 2.89. The molecule has 1 atom stereocenters. The second-order valence-electron chi connectivity index (χ2n) is 4.48. The summed E-state index contributed by atoms with van der Waals surface area (Å²) in [7, 11) is 0. The number of benzene rings is 1. The van der Waals surface area contributed by atoms with E-state index in [1.807, 2.05) is 25.1 Å². The maximum atomic E-state index is 12.3. The van der Waals surface area contributed by atoms with Gasteiger partial charge in [-0.1, -0.05) is 30.8 Å². The molecule has 114 valence electrons. The van der Waals surface area contributed by atoms with Gasteiger partial charge in [0.1, 0.15) is 0 Å². The Bertz CT molecular complexity index is 664. The van der Waals surface area contributed by atoms with E-state index in [0.29, 0.717) is 12.1 Å². The predicted octanol–water partition coefficient (Wildman–Crippen LogP) is 3.50. The van der Waals surface area contributed by atoms with Gasteiger partial charge in [0, 0.05) is 24.0 Å². The Labute approximate surface area is 132 Å². The monoisotopic (exact) mass is 317 g/mol. The molecule has 0 radical (unpaired) electrons. The highest BCUT2D eigenvalue weighted by Gasteiger charge is 2.19. The van der Waals surface area contributed by atoms with E-state index in [9.17, 15) is 14.9 Å². The van der Waals surface area contributed by atoms with Crippen LogP contribution in [0, 0.1) is 10.1 Å². The maximum absolute atomic E-state index is 12.3. The Kier molecular flexibility index (Phi) is 5.48. The Morgan fingerprint density at radius 3 is 2.82 bits per heavy atom. The Morgan fingerprint density at radius 2 is 2.18 bits per heavy atom. The molecule has 0 aliphatic heterocycles. The second-order valence-corrected chi connectivity index (χ2v) is 5.70. The zero-order chi connectivity index (χ0) is 15.9. The molecule has 7 heteroatoms. The van der Waals surface area contributed by atoms with Crippen molar-refractivity contribution in [1.29, 1.82) is 0 Å². The van der Waals surface area contributed by atoms with Crippen LogP contribution >= 0.6 is 11.8 Å². The van der Waals surface area contributed by atoms with Crippen molar-refractivity contribution >= 4 is 29.0 Å². The fraction of sp³-hybridized carbons (Fsp3) is 0.200. The van der Waals surface area contributed by atoms with Crippen LogP contribution in [0.2, 0.25) is 0 Å². The third-order valence-corrected chi connectivity index (χ3v) is 4.20. The molecule has 0 saturated heterocycles. The van der Waals surface area contributed by atoms with Gasteiger partial charge < -0.3 is 5.32 Å². The summed E-state index contributed by atoms with van der Waals surface area (Å²) in [4.78, 5) is 26.7. The van der Waals surface area contributed by atoms with Crippen molar-refractivity contribution in [1.82, 2.24) is 4.98 Å². The van der Waals surface area contributed by atoms with Gasteiger partial charge in [-0.3, -0.25) is 14.9 Å². The molecule has 2 rings (SSSR count). The number of nitrogens with zero attached hydrogens (tertiary/aromatic N) is 2. The molecule has 0 bridgehead atoms. The van der Waals surface area contributed by atoms with Crippen molar-refractivity contribution in [3.63, 3.8) is 0 Å². The Morgan fingerprint density at radius 1 is 1.36 bits per heavy atom. The zero-order valence-electron chi connectivity index (χ0n) is 11.9. The van der Waals surface area contributed by atoms with Gasteiger partial charge in [0.25, 0.3) is 5.69 Å². The van der Waals surface area contributed by atoms with Gasteiger partial charge in [-0.2, -0.15) is 0 Å². The number of anilines is 1. The number of nitro groups is 1. The molecule has 0 aliphatic rings. The molecule has 1 aromatic carbocycles. The average Bonchev–Trinajstić information content (AvgIpc) is 2.53. The van der Waals surface area contributed by atoms with Crippen LogP contribution in [-0.4, -0.2) is 21.1 Å². The zero-order valence-corrected chi connectivity index (χ0v) is 12.7. The quantitative estimate of drug-likeness (QED) is 0.500. The number of nitro benzene ring substituents is 1. The summed E-state index contributed by atoms with van der Waals surface area (Å²) in [6.45, 7) is 1.91. The predicted molar refractivity (Wildman–Crippen MR) is 85.9 cm³/mol. The summed E-state index contributed by atoms with van der Waals surface area (Å²) in [5, 5.41) is 13.9. The number of nitrogens with one attached hydrogen (secondary N) is 1. The standard InChI is InChI=1S/C15H15N3O3S/c1-2-13(22-14-8-3-4-9-16-14)15(19)17-11-6-5-7-12(10-11)18(20)21/h3-10,13H,2H2,1H3,(H,17,19)/t13-/m0/s1. The van der Waals surface area contributed by atoms with Gasteiger partial charge in [-0.05, 0) is 24.6 Å². The normalized spacial score (nSPS) is 11.7. The van der Waals surface area contributed by atoms with E-state index in [4.69, 9.17) is 0 Å². The molecular formula is C15H15N3O3S. The molecule has 0 saturated carbocycles. The highest BCUT2D eigenvalue weighted by molar-refractivity contribution is 8.00. The first-order valence-electron chi connectivity index (χ1n) is 6.73. The Balaban J connectivity index is 2.06. The molecule has 22 heavy (non-hydrogen) atoms. The van der Waals surface area contributed by atoms with E-state index < -0.39 is 4.92 Å². The smallest absolute Gasteiger partial charge is 0.271 e. The summed E-state index contributed by atoms with van der Waals surface area (Å²) in [5.74, 6) is -0.196. The minimum Gasteiger partial charge on any atom is -0.325 e.